The third-order valence-corrected chi connectivity index (χ3v) is 7.69. The minimum atomic E-state index is -3.63. The van der Waals surface area contributed by atoms with E-state index in [0.717, 1.165) is 73.6 Å². The first-order valence-electron chi connectivity index (χ1n) is 13.2. The fourth-order valence-electron chi connectivity index (χ4n) is 5.10. The Morgan fingerprint density at radius 1 is 0.975 bits per heavy atom. The van der Waals surface area contributed by atoms with E-state index >= 15 is 0 Å². The molecule has 0 saturated heterocycles. The van der Waals surface area contributed by atoms with Gasteiger partial charge in [0.1, 0.15) is 0 Å². The molecule has 0 aromatic heterocycles. The number of aliphatic hydroxyl groups is 1. The standard InChI is InChI=1S/C30H37N3O4S.2ClH/c1-38(36,37)33-30(35)27-17-14-25(19-28(27)23-6-2-3-7-23)22-10-8-21(9-11-22)5-4-18-32-20-29(34)24-12-15-26(31)16-13-24;;/h8-17,19,23,29,32,34H,2-7,18,20,31H2,1H3,(H,33,35);2*1H/t29-;;/m1../s1. The predicted octanol–water partition coefficient (Wildman–Crippen LogP) is 5.38. The molecule has 1 aliphatic rings. The zero-order valence-corrected chi connectivity index (χ0v) is 25.1. The van der Waals surface area contributed by atoms with Crippen molar-refractivity contribution in [2.75, 3.05) is 25.1 Å². The summed E-state index contributed by atoms with van der Waals surface area (Å²) in [5.74, 6) is -0.300. The lowest BCUT2D eigenvalue weighted by Gasteiger charge is -2.17. The van der Waals surface area contributed by atoms with Crippen molar-refractivity contribution in [3.05, 3.63) is 89.0 Å². The van der Waals surface area contributed by atoms with Crippen molar-refractivity contribution < 1.29 is 18.3 Å². The summed E-state index contributed by atoms with van der Waals surface area (Å²) >= 11 is 0. The van der Waals surface area contributed by atoms with Gasteiger partial charge in [-0.25, -0.2) is 13.1 Å². The Balaban J connectivity index is 0.00000280. The van der Waals surface area contributed by atoms with E-state index in [9.17, 15) is 18.3 Å². The van der Waals surface area contributed by atoms with E-state index < -0.39 is 22.0 Å². The van der Waals surface area contributed by atoms with Crippen molar-refractivity contribution in [2.45, 2.75) is 50.5 Å². The molecule has 40 heavy (non-hydrogen) atoms. The van der Waals surface area contributed by atoms with Crippen molar-refractivity contribution in [1.82, 2.24) is 10.0 Å². The number of nitrogens with two attached hydrogens (primary N) is 1. The van der Waals surface area contributed by atoms with Gasteiger partial charge in [-0.1, -0.05) is 61.4 Å². The van der Waals surface area contributed by atoms with Crippen LogP contribution in [-0.2, 0) is 16.4 Å². The number of nitrogens with one attached hydrogen (secondary N) is 2. The largest absolute Gasteiger partial charge is 0.399 e. The lowest BCUT2D eigenvalue weighted by Crippen LogP contribution is -2.30. The highest BCUT2D eigenvalue weighted by Crippen LogP contribution is 2.38. The second-order valence-corrected chi connectivity index (χ2v) is 11.9. The molecular weight excluding hydrogens is 569 g/mol. The van der Waals surface area contributed by atoms with Gasteiger partial charge in [0.2, 0.25) is 10.0 Å². The van der Waals surface area contributed by atoms with Crippen LogP contribution in [0, 0.1) is 0 Å². The molecule has 3 aromatic rings. The molecule has 218 valence electrons. The van der Waals surface area contributed by atoms with E-state index in [4.69, 9.17) is 5.73 Å². The summed E-state index contributed by atoms with van der Waals surface area (Å²) in [6, 6.07) is 21.4. The first-order chi connectivity index (χ1) is 18.2. The lowest BCUT2D eigenvalue weighted by atomic mass is 9.89. The van der Waals surface area contributed by atoms with Crippen LogP contribution >= 0.6 is 24.8 Å². The van der Waals surface area contributed by atoms with E-state index in [0.29, 0.717) is 17.8 Å². The second-order valence-electron chi connectivity index (χ2n) is 10.2. The number of hydrogen-bond donors (Lipinski definition) is 4. The number of nitrogen functional groups attached to an aromatic ring is 1. The molecule has 7 nitrogen and oxygen atoms in total. The minimum Gasteiger partial charge on any atom is -0.399 e. The summed E-state index contributed by atoms with van der Waals surface area (Å²) in [4.78, 5) is 12.7. The molecule has 0 aliphatic heterocycles. The SMILES string of the molecule is CS(=O)(=O)NC(=O)c1ccc(-c2ccc(CCCNC[C@@H](O)c3ccc(N)cc3)cc2)cc1C1CCCC1.Cl.Cl. The van der Waals surface area contributed by atoms with E-state index in [1.165, 1.54) is 5.56 Å². The summed E-state index contributed by atoms with van der Waals surface area (Å²) in [6.07, 6.45) is 6.55. The number of aliphatic hydroxyl groups excluding tert-OH is 1. The monoisotopic (exact) mass is 607 g/mol. The Morgan fingerprint density at radius 3 is 2.23 bits per heavy atom. The number of amides is 1. The van der Waals surface area contributed by atoms with Crippen LogP contribution in [0.5, 0.6) is 0 Å². The number of carbonyl (C=O) groups is 1. The summed E-state index contributed by atoms with van der Waals surface area (Å²) in [5, 5.41) is 13.6. The van der Waals surface area contributed by atoms with Crippen LogP contribution in [-0.4, -0.2) is 38.8 Å². The molecule has 0 heterocycles. The Kier molecular flexibility index (Phi) is 12.9. The third-order valence-electron chi connectivity index (χ3n) is 7.13. The van der Waals surface area contributed by atoms with Gasteiger partial charge in [-0.2, -0.15) is 0 Å². The molecule has 3 aromatic carbocycles. The highest BCUT2D eigenvalue weighted by Gasteiger charge is 2.24. The number of rotatable bonds is 11. The quantitative estimate of drug-likeness (QED) is 0.171. The average molecular weight is 609 g/mol. The zero-order valence-electron chi connectivity index (χ0n) is 22.6. The smallest absolute Gasteiger partial charge is 0.265 e. The fourth-order valence-corrected chi connectivity index (χ4v) is 5.55. The Morgan fingerprint density at radius 2 is 1.60 bits per heavy atom. The van der Waals surface area contributed by atoms with Crippen LogP contribution in [0.2, 0.25) is 0 Å². The number of carbonyl (C=O) groups excluding carboxylic acids is 1. The summed E-state index contributed by atoms with van der Waals surface area (Å²) in [6.45, 7) is 1.29. The molecule has 5 N–H and O–H groups in total. The van der Waals surface area contributed by atoms with Gasteiger partial charge in [-0.05, 0) is 84.2 Å². The van der Waals surface area contributed by atoms with Crippen LogP contribution in [0.3, 0.4) is 0 Å². The molecule has 0 spiro atoms. The van der Waals surface area contributed by atoms with Gasteiger partial charge in [-0.3, -0.25) is 4.79 Å². The molecule has 1 atom stereocenters. The van der Waals surface area contributed by atoms with Gasteiger partial charge in [0.15, 0.2) is 0 Å². The highest BCUT2D eigenvalue weighted by molar-refractivity contribution is 7.89. The number of hydrogen-bond acceptors (Lipinski definition) is 6. The fraction of sp³-hybridized carbons (Fsp3) is 0.367. The first kappa shape index (κ1) is 33.6. The number of halogens is 2. The minimum absolute atomic E-state index is 0. The molecular formula is C30H39Cl2N3O4S. The first-order valence-corrected chi connectivity index (χ1v) is 15.1. The van der Waals surface area contributed by atoms with Gasteiger partial charge in [0.05, 0.1) is 12.4 Å². The van der Waals surface area contributed by atoms with Crippen molar-refractivity contribution in [3.63, 3.8) is 0 Å². The molecule has 10 heteroatoms. The van der Waals surface area contributed by atoms with Crippen molar-refractivity contribution >= 4 is 46.4 Å². The Hall–Kier alpha value is -2.62. The Bertz CT molecular complexity index is 1340. The summed E-state index contributed by atoms with van der Waals surface area (Å²) in [5.41, 5.74) is 11.9. The molecule has 0 unspecified atom stereocenters. The van der Waals surface area contributed by atoms with E-state index in [1.807, 2.05) is 18.2 Å². The lowest BCUT2D eigenvalue weighted by molar-refractivity contribution is 0.0980. The van der Waals surface area contributed by atoms with Crippen LogP contribution in [0.4, 0.5) is 5.69 Å². The molecule has 0 radical (unpaired) electrons. The van der Waals surface area contributed by atoms with Gasteiger partial charge >= 0.3 is 0 Å². The predicted molar refractivity (Wildman–Crippen MR) is 167 cm³/mol. The maximum atomic E-state index is 12.7. The maximum absolute atomic E-state index is 12.7. The summed E-state index contributed by atoms with van der Waals surface area (Å²) < 4.78 is 25.4. The maximum Gasteiger partial charge on any atom is 0.265 e. The van der Waals surface area contributed by atoms with Gasteiger partial charge < -0.3 is 16.2 Å². The second kappa shape index (κ2) is 15.4. The van der Waals surface area contributed by atoms with Crippen LogP contribution < -0.4 is 15.8 Å². The molecule has 4 rings (SSSR count). The van der Waals surface area contributed by atoms with Crippen LogP contribution in [0.25, 0.3) is 11.1 Å². The van der Waals surface area contributed by atoms with Crippen molar-refractivity contribution in [2.24, 2.45) is 0 Å². The molecule has 1 aliphatic carbocycles. The van der Waals surface area contributed by atoms with E-state index in [2.05, 4.69) is 40.4 Å². The highest BCUT2D eigenvalue weighted by atomic mass is 35.5. The molecule has 1 saturated carbocycles. The van der Waals surface area contributed by atoms with Gasteiger partial charge in [0, 0.05) is 17.8 Å². The number of aryl methyl sites for hydroxylation is 1. The summed E-state index contributed by atoms with van der Waals surface area (Å²) in [7, 11) is -3.63. The number of sulfonamides is 1. The molecule has 1 amide bonds. The normalized spacial score (nSPS) is 14.2. The van der Waals surface area contributed by atoms with E-state index in [1.54, 1.807) is 18.2 Å². The van der Waals surface area contributed by atoms with Crippen molar-refractivity contribution in [1.29, 1.82) is 0 Å². The number of benzene rings is 3. The third kappa shape index (κ3) is 9.49. The molecule has 0 bridgehead atoms. The number of anilines is 1. The average Bonchev–Trinajstić information content (AvgIpc) is 3.43. The Labute approximate surface area is 249 Å². The van der Waals surface area contributed by atoms with Gasteiger partial charge in [0.25, 0.3) is 5.91 Å². The zero-order chi connectivity index (χ0) is 27.1. The van der Waals surface area contributed by atoms with Crippen LogP contribution in [0.15, 0.2) is 66.7 Å². The topological polar surface area (TPSA) is 122 Å². The molecule has 1 fully saturated rings. The van der Waals surface area contributed by atoms with Gasteiger partial charge in [-0.15, -0.1) is 24.8 Å². The van der Waals surface area contributed by atoms with Crippen molar-refractivity contribution in [3.8, 4) is 11.1 Å². The van der Waals surface area contributed by atoms with E-state index in [-0.39, 0.29) is 30.7 Å². The van der Waals surface area contributed by atoms with Crippen LogP contribution in [0.1, 0.15) is 71.2 Å².